The summed E-state index contributed by atoms with van der Waals surface area (Å²) in [5, 5.41) is 10.7. The zero-order chi connectivity index (χ0) is 10.7. The van der Waals surface area contributed by atoms with Crippen molar-refractivity contribution in [2.75, 3.05) is 14.1 Å². The van der Waals surface area contributed by atoms with E-state index in [4.69, 9.17) is 5.11 Å². The highest BCUT2D eigenvalue weighted by Crippen LogP contribution is 2.24. The number of amides is 1. The molecule has 3 atom stereocenters. The zero-order valence-electron chi connectivity index (χ0n) is 8.53. The molecule has 14 heavy (non-hydrogen) atoms. The van der Waals surface area contributed by atoms with Crippen molar-refractivity contribution in [3.8, 4) is 0 Å². The molecule has 4 nitrogen and oxygen atoms in total. The van der Waals surface area contributed by atoms with Crippen molar-refractivity contribution in [1.29, 1.82) is 0 Å². The fraction of sp³-hybridized carbons (Fsp3) is 0.889. The molecule has 1 aliphatic carbocycles. The Morgan fingerprint density at radius 1 is 1.50 bits per heavy atom. The summed E-state index contributed by atoms with van der Waals surface area (Å²) in [4.78, 5) is 12.3. The monoisotopic (exact) mass is 204 g/mol. The summed E-state index contributed by atoms with van der Waals surface area (Å²) >= 11 is 0. The van der Waals surface area contributed by atoms with Gasteiger partial charge in [0.1, 0.15) is 6.17 Å². The van der Waals surface area contributed by atoms with Gasteiger partial charge in [0.05, 0.1) is 6.04 Å². The molecule has 1 rings (SSSR count). The molecule has 82 valence electrons. The smallest absolute Gasteiger partial charge is 0.404 e. The fourth-order valence-corrected chi connectivity index (χ4v) is 1.89. The first-order chi connectivity index (χ1) is 6.50. The highest BCUT2D eigenvalue weighted by molar-refractivity contribution is 5.64. The summed E-state index contributed by atoms with van der Waals surface area (Å²) in [5.74, 6) is 0. The summed E-state index contributed by atoms with van der Waals surface area (Å²) in [6, 6.07) is -0.291. The SMILES string of the molecule is CN(C)[C@@H]1CC[C@@H](NC(=O)O)[C@@H](F)C1. The zero-order valence-corrected chi connectivity index (χ0v) is 8.53. The third-order valence-corrected chi connectivity index (χ3v) is 2.78. The molecule has 1 saturated carbocycles. The van der Waals surface area contributed by atoms with Crippen LogP contribution in [-0.4, -0.2) is 48.5 Å². The summed E-state index contributed by atoms with van der Waals surface area (Å²) in [5.41, 5.74) is 0. The number of halogens is 1. The molecule has 1 fully saturated rings. The average Bonchev–Trinajstić information content (AvgIpc) is 2.07. The van der Waals surface area contributed by atoms with Crippen LogP contribution in [0.1, 0.15) is 19.3 Å². The maximum atomic E-state index is 13.5. The lowest BCUT2D eigenvalue weighted by atomic mass is 9.89. The van der Waals surface area contributed by atoms with E-state index in [0.29, 0.717) is 12.8 Å². The summed E-state index contributed by atoms with van der Waals surface area (Å²) in [6.45, 7) is 0. The van der Waals surface area contributed by atoms with Gasteiger partial charge in [-0.25, -0.2) is 9.18 Å². The van der Waals surface area contributed by atoms with Crippen LogP contribution in [0.4, 0.5) is 9.18 Å². The van der Waals surface area contributed by atoms with Gasteiger partial charge in [-0.3, -0.25) is 0 Å². The maximum absolute atomic E-state index is 13.5. The van der Waals surface area contributed by atoms with Gasteiger partial charge in [-0.15, -0.1) is 0 Å². The standard InChI is InChI=1S/C9H17FN2O2/c1-12(2)6-3-4-8(7(10)5-6)11-9(13)14/h6-8,11H,3-5H2,1-2H3,(H,13,14)/t6-,7+,8-/m1/s1. The van der Waals surface area contributed by atoms with Crippen molar-refractivity contribution in [2.24, 2.45) is 0 Å². The van der Waals surface area contributed by atoms with Crippen LogP contribution >= 0.6 is 0 Å². The van der Waals surface area contributed by atoms with Crippen LogP contribution < -0.4 is 5.32 Å². The molecule has 0 radical (unpaired) electrons. The van der Waals surface area contributed by atoms with Crippen molar-refractivity contribution >= 4 is 6.09 Å². The number of carbonyl (C=O) groups is 1. The van der Waals surface area contributed by atoms with E-state index >= 15 is 0 Å². The molecule has 0 aromatic heterocycles. The number of hydrogen-bond acceptors (Lipinski definition) is 2. The molecule has 0 unspecified atom stereocenters. The normalized spacial score (nSPS) is 33.0. The molecule has 1 aliphatic rings. The van der Waals surface area contributed by atoms with Gasteiger partial charge >= 0.3 is 6.09 Å². The van der Waals surface area contributed by atoms with Gasteiger partial charge in [0.15, 0.2) is 0 Å². The fourth-order valence-electron chi connectivity index (χ4n) is 1.89. The van der Waals surface area contributed by atoms with E-state index < -0.39 is 18.3 Å². The maximum Gasteiger partial charge on any atom is 0.404 e. The third kappa shape index (κ3) is 2.83. The van der Waals surface area contributed by atoms with E-state index in [0.717, 1.165) is 6.42 Å². The van der Waals surface area contributed by atoms with Gasteiger partial charge < -0.3 is 15.3 Å². The Hall–Kier alpha value is -0.840. The summed E-state index contributed by atoms with van der Waals surface area (Å²) in [7, 11) is 3.84. The van der Waals surface area contributed by atoms with Crippen LogP contribution in [0.25, 0.3) is 0 Å². The number of carboxylic acid groups (broad SMARTS) is 1. The van der Waals surface area contributed by atoms with Crippen molar-refractivity contribution < 1.29 is 14.3 Å². The Morgan fingerprint density at radius 3 is 2.57 bits per heavy atom. The van der Waals surface area contributed by atoms with Crippen LogP contribution in [0, 0.1) is 0 Å². The average molecular weight is 204 g/mol. The molecule has 1 amide bonds. The van der Waals surface area contributed by atoms with Crippen LogP contribution in [0.15, 0.2) is 0 Å². The van der Waals surface area contributed by atoms with Gasteiger partial charge in [0.25, 0.3) is 0 Å². The van der Waals surface area contributed by atoms with Crippen molar-refractivity contribution in [2.45, 2.75) is 37.5 Å². The van der Waals surface area contributed by atoms with Crippen LogP contribution in [0.2, 0.25) is 0 Å². The first-order valence-electron chi connectivity index (χ1n) is 4.80. The lowest BCUT2D eigenvalue weighted by Gasteiger charge is -2.34. The van der Waals surface area contributed by atoms with E-state index in [2.05, 4.69) is 5.32 Å². The predicted molar refractivity (Wildman–Crippen MR) is 51.2 cm³/mol. The van der Waals surface area contributed by atoms with E-state index in [1.807, 2.05) is 19.0 Å². The van der Waals surface area contributed by atoms with Gasteiger partial charge in [-0.1, -0.05) is 0 Å². The molecule has 0 spiro atoms. The minimum Gasteiger partial charge on any atom is -0.465 e. The molecule has 0 aromatic carbocycles. The van der Waals surface area contributed by atoms with E-state index in [1.54, 1.807) is 0 Å². The minimum absolute atomic E-state index is 0.233. The number of alkyl halides is 1. The molecular weight excluding hydrogens is 187 g/mol. The number of rotatable bonds is 2. The molecule has 0 aromatic rings. The minimum atomic E-state index is -1.14. The van der Waals surface area contributed by atoms with Gasteiger partial charge in [0.2, 0.25) is 0 Å². The predicted octanol–water partition coefficient (Wildman–Crippen LogP) is 1.07. The largest absolute Gasteiger partial charge is 0.465 e. The number of nitrogens with one attached hydrogen (secondary N) is 1. The quantitative estimate of drug-likeness (QED) is 0.707. The van der Waals surface area contributed by atoms with Gasteiger partial charge in [0, 0.05) is 6.04 Å². The first kappa shape index (κ1) is 11.2. The van der Waals surface area contributed by atoms with Crippen LogP contribution in [0.3, 0.4) is 0 Å². The van der Waals surface area contributed by atoms with Crippen molar-refractivity contribution in [1.82, 2.24) is 10.2 Å². The molecule has 2 N–H and O–H groups in total. The number of hydrogen-bond donors (Lipinski definition) is 2. The Kier molecular flexibility index (Phi) is 3.69. The second kappa shape index (κ2) is 4.59. The summed E-state index contributed by atoms with van der Waals surface area (Å²) < 4.78 is 13.5. The van der Waals surface area contributed by atoms with Crippen molar-refractivity contribution in [3.05, 3.63) is 0 Å². The molecule has 0 heterocycles. The number of nitrogens with zero attached hydrogens (tertiary/aromatic N) is 1. The van der Waals surface area contributed by atoms with Gasteiger partial charge in [-0.2, -0.15) is 0 Å². The van der Waals surface area contributed by atoms with Gasteiger partial charge in [-0.05, 0) is 33.4 Å². The second-order valence-electron chi connectivity index (χ2n) is 4.00. The molecule has 5 heteroatoms. The topological polar surface area (TPSA) is 52.6 Å². The van der Waals surface area contributed by atoms with Crippen molar-refractivity contribution in [3.63, 3.8) is 0 Å². The highest BCUT2D eigenvalue weighted by Gasteiger charge is 2.32. The van der Waals surface area contributed by atoms with E-state index in [9.17, 15) is 9.18 Å². The molecular formula is C9H17FN2O2. The summed E-state index contributed by atoms with van der Waals surface area (Å²) in [6.07, 6.45) is -0.361. The highest BCUT2D eigenvalue weighted by atomic mass is 19.1. The van der Waals surface area contributed by atoms with E-state index in [-0.39, 0.29) is 6.04 Å². The first-order valence-corrected chi connectivity index (χ1v) is 4.80. The lowest BCUT2D eigenvalue weighted by Crippen LogP contribution is -2.48. The second-order valence-corrected chi connectivity index (χ2v) is 4.00. The molecule has 0 bridgehead atoms. The Morgan fingerprint density at radius 2 is 2.14 bits per heavy atom. The lowest BCUT2D eigenvalue weighted by molar-refractivity contribution is 0.112. The van der Waals surface area contributed by atoms with Crippen LogP contribution in [-0.2, 0) is 0 Å². The Balaban J connectivity index is 2.43. The Labute approximate surface area is 83.1 Å². The third-order valence-electron chi connectivity index (χ3n) is 2.78. The van der Waals surface area contributed by atoms with Crippen LogP contribution in [0.5, 0.6) is 0 Å². The Bertz CT molecular complexity index is 211. The molecule has 0 aliphatic heterocycles. The molecule has 0 saturated heterocycles. The van der Waals surface area contributed by atoms with E-state index in [1.165, 1.54) is 0 Å².